The van der Waals surface area contributed by atoms with Crippen LogP contribution in [0.3, 0.4) is 0 Å². The minimum Gasteiger partial charge on any atom is -0.490 e. The summed E-state index contributed by atoms with van der Waals surface area (Å²) < 4.78 is 12.2. The van der Waals surface area contributed by atoms with Crippen molar-refractivity contribution in [2.75, 3.05) is 26.3 Å². The predicted octanol–water partition coefficient (Wildman–Crippen LogP) is 5.04. The lowest BCUT2D eigenvalue weighted by atomic mass is 9.77. The molecule has 5 rings (SSSR count). The molecule has 3 aliphatic rings. The van der Waals surface area contributed by atoms with Gasteiger partial charge in [-0.2, -0.15) is 5.26 Å². The van der Waals surface area contributed by atoms with E-state index in [4.69, 9.17) is 9.47 Å². The molecule has 0 amide bonds. The van der Waals surface area contributed by atoms with Gasteiger partial charge in [0.1, 0.15) is 10.6 Å². The summed E-state index contributed by atoms with van der Waals surface area (Å²) in [7, 11) is 0. The fourth-order valence-electron chi connectivity index (χ4n) is 5.90. The van der Waals surface area contributed by atoms with E-state index in [1.807, 2.05) is 12.3 Å². The number of aromatic nitrogens is 1. The molecule has 6 heteroatoms. The van der Waals surface area contributed by atoms with Gasteiger partial charge in [0.15, 0.2) is 0 Å². The average Bonchev–Trinajstić information content (AvgIpc) is 3.35. The Hall–Kier alpha value is -1.68. The Morgan fingerprint density at radius 2 is 2.10 bits per heavy atom. The van der Waals surface area contributed by atoms with Crippen molar-refractivity contribution in [2.45, 2.75) is 75.9 Å². The number of nitriles is 1. The van der Waals surface area contributed by atoms with Gasteiger partial charge >= 0.3 is 0 Å². The summed E-state index contributed by atoms with van der Waals surface area (Å²) in [5.74, 6) is 1.33. The minimum atomic E-state index is 0.266. The van der Waals surface area contributed by atoms with Crippen molar-refractivity contribution < 1.29 is 9.47 Å². The number of thiophene rings is 1. The van der Waals surface area contributed by atoms with Crippen molar-refractivity contribution >= 4 is 21.6 Å². The molecular weight excluding hydrogens is 394 g/mol. The van der Waals surface area contributed by atoms with Crippen LogP contribution in [0.25, 0.3) is 10.2 Å². The summed E-state index contributed by atoms with van der Waals surface area (Å²) in [4.78, 5) is 9.79. The lowest BCUT2D eigenvalue weighted by Gasteiger charge is -2.49. The molecule has 2 aliphatic carbocycles. The normalized spacial score (nSPS) is 29.6. The Labute approximate surface area is 183 Å². The van der Waals surface area contributed by atoms with Gasteiger partial charge in [-0.05, 0) is 62.5 Å². The largest absolute Gasteiger partial charge is 0.490 e. The number of fused-ring (bicyclic) bond motifs is 3. The Bertz CT molecular complexity index is 936. The zero-order valence-electron chi connectivity index (χ0n) is 17.9. The first-order chi connectivity index (χ1) is 14.7. The fourth-order valence-corrected chi connectivity index (χ4v) is 7.16. The second-order valence-corrected chi connectivity index (χ2v) is 10.1. The Morgan fingerprint density at radius 3 is 2.83 bits per heavy atom. The van der Waals surface area contributed by atoms with E-state index in [2.05, 4.69) is 22.9 Å². The van der Waals surface area contributed by atoms with Gasteiger partial charge in [0.25, 0.3) is 0 Å². The van der Waals surface area contributed by atoms with Crippen LogP contribution in [0.4, 0.5) is 0 Å². The van der Waals surface area contributed by atoms with E-state index >= 15 is 0 Å². The fraction of sp³-hybridized carbons (Fsp3) is 0.667. The van der Waals surface area contributed by atoms with Gasteiger partial charge in [-0.1, -0.05) is 6.92 Å². The molecule has 160 valence electrons. The van der Waals surface area contributed by atoms with Crippen molar-refractivity contribution in [1.82, 2.24) is 9.88 Å². The van der Waals surface area contributed by atoms with Crippen molar-refractivity contribution in [3.8, 4) is 11.8 Å². The van der Waals surface area contributed by atoms with Crippen molar-refractivity contribution in [3.05, 3.63) is 22.7 Å². The highest BCUT2D eigenvalue weighted by atomic mass is 32.1. The molecule has 0 bridgehead atoms. The van der Waals surface area contributed by atoms with Crippen molar-refractivity contribution in [3.63, 3.8) is 0 Å². The number of hydrogen-bond acceptors (Lipinski definition) is 6. The van der Waals surface area contributed by atoms with E-state index in [-0.39, 0.29) is 6.10 Å². The molecule has 5 nitrogen and oxygen atoms in total. The topological polar surface area (TPSA) is 58.4 Å². The van der Waals surface area contributed by atoms with Crippen LogP contribution in [0.1, 0.15) is 68.2 Å². The Balaban J connectivity index is 1.34. The molecule has 2 fully saturated rings. The van der Waals surface area contributed by atoms with Crippen molar-refractivity contribution in [2.24, 2.45) is 0 Å². The van der Waals surface area contributed by atoms with E-state index in [1.165, 1.54) is 35.1 Å². The summed E-state index contributed by atoms with van der Waals surface area (Å²) in [6.45, 7) is 6.19. The molecule has 3 heterocycles. The minimum absolute atomic E-state index is 0.266. The number of morpholine rings is 1. The first-order valence-electron chi connectivity index (χ1n) is 11.5. The van der Waals surface area contributed by atoms with Crippen LogP contribution in [-0.2, 0) is 11.2 Å². The van der Waals surface area contributed by atoms with Crippen LogP contribution in [0.5, 0.6) is 5.75 Å². The highest BCUT2D eigenvalue weighted by molar-refractivity contribution is 7.19. The zero-order chi connectivity index (χ0) is 20.6. The molecular formula is C24H31N3O2S. The third-order valence-electron chi connectivity index (χ3n) is 7.63. The van der Waals surface area contributed by atoms with E-state index in [0.717, 1.165) is 62.6 Å². The third-order valence-corrected chi connectivity index (χ3v) is 8.80. The van der Waals surface area contributed by atoms with Crippen LogP contribution < -0.4 is 4.74 Å². The number of rotatable bonds is 5. The van der Waals surface area contributed by atoms with Crippen molar-refractivity contribution in [1.29, 1.82) is 5.26 Å². The second kappa shape index (κ2) is 8.45. The summed E-state index contributed by atoms with van der Waals surface area (Å²) in [5, 5.41) is 10.5. The number of aryl methyl sites for hydroxylation is 1. The maximum atomic E-state index is 9.27. The van der Waals surface area contributed by atoms with Gasteiger partial charge in [-0.15, -0.1) is 11.3 Å². The molecule has 1 aliphatic heterocycles. The van der Waals surface area contributed by atoms with E-state index in [0.29, 0.717) is 17.9 Å². The maximum absolute atomic E-state index is 9.27. The molecule has 1 saturated carbocycles. The third kappa shape index (κ3) is 3.51. The van der Waals surface area contributed by atoms with E-state index in [1.54, 1.807) is 11.3 Å². The number of hydrogen-bond donors (Lipinski definition) is 0. The van der Waals surface area contributed by atoms with Crippen LogP contribution in [0.15, 0.2) is 12.3 Å². The monoisotopic (exact) mass is 425 g/mol. The average molecular weight is 426 g/mol. The Kier molecular flexibility index (Phi) is 5.70. The molecule has 2 aromatic rings. The lowest BCUT2D eigenvalue weighted by molar-refractivity contribution is -0.0510. The van der Waals surface area contributed by atoms with Gasteiger partial charge in [-0.3, -0.25) is 4.90 Å². The standard InChI is InChI=1S/C24H31N3O2S/c1-2-24(27-13-15-28-16-14-27)9-5-18(6-10-24)29-19-8-12-26-23-22(19)21-17(7-11-25)3-4-20(21)30-23/h8,12,17-18H,2-7,9-10,13-16H2,1H3/t17-,18-,24-/m1/s1. The highest BCUT2D eigenvalue weighted by Crippen LogP contribution is 2.48. The van der Waals surface area contributed by atoms with Crippen LogP contribution >= 0.6 is 11.3 Å². The molecule has 0 N–H and O–H groups in total. The lowest BCUT2D eigenvalue weighted by Crippen LogP contribution is -2.55. The molecule has 0 radical (unpaired) electrons. The Morgan fingerprint density at radius 1 is 1.30 bits per heavy atom. The van der Waals surface area contributed by atoms with Crippen LogP contribution in [-0.4, -0.2) is 47.8 Å². The van der Waals surface area contributed by atoms with Gasteiger partial charge in [0, 0.05) is 36.1 Å². The predicted molar refractivity (Wildman–Crippen MR) is 119 cm³/mol. The first-order valence-corrected chi connectivity index (χ1v) is 12.3. The maximum Gasteiger partial charge on any atom is 0.131 e. The smallest absolute Gasteiger partial charge is 0.131 e. The molecule has 1 atom stereocenters. The van der Waals surface area contributed by atoms with Crippen LogP contribution in [0, 0.1) is 11.3 Å². The van der Waals surface area contributed by atoms with Crippen LogP contribution in [0.2, 0.25) is 0 Å². The summed E-state index contributed by atoms with van der Waals surface area (Å²) >= 11 is 1.80. The van der Waals surface area contributed by atoms with Gasteiger partial charge in [0.2, 0.25) is 0 Å². The van der Waals surface area contributed by atoms with E-state index in [9.17, 15) is 5.26 Å². The molecule has 0 aromatic carbocycles. The summed E-state index contributed by atoms with van der Waals surface area (Å²) in [5.41, 5.74) is 1.67. The second-order valence-electron chi connectivity index (χ2n) is 9.02. The van der Waals surface area contributed by atoms with Gasteiger partial charge in [-0.25, -0.2) is 4.98 Å². The number of ether oxygens (including phenoxy) is 2. The first kappa shape index (κ1) is 20.2. The number of pyridine rings is 1. The van der Waals surface area contributed by atoms with Gasteiger partial charge < -0.3 is 9.47 Å². The number of nitrogens with zero attached hydrogens (tertiary/aromatic N) is 3. The van der Waals surface area contributed by atoms with Gasteiger partial charge in [0.05, 0.1) is 30.8 Å². The summed E-state index contributed by atoms with van der Waals surface area (Å²) in [6, 6.07) is 4.42. The molecule has 2 aromatic heterocycles. The zero-order valence-corrected chi connectivity index (χ0v) is 18.7. The molecule has 0 unspecified atom stereocenters. The SMILES string of the molecule is CC[C@]1(N2CCOCC2)CC[C@H](Oc2ccnc3sc4c(c23)[C@@H](CC#N)CC4)CC1. The molecule has 0 spiro atoms. The van der Waals surface area contributed by atoms with E-state index < -0.39 is 0 Å². The quantitative estimate of drug-likeness (QED) is 0.671. The summed E-state index contributed by atoms with van der Waals surface area (Å²) in [6.07, 6.45) is 10.7. The highest BCUT2D eigenvalue weighted by Gasteiger charge is 2.40. The molecule has 1 saturated heterocycles. The molecule has 30 heavy (non-hydrogen) atoms.